The van der Waals surface area contributed by atoms with Gasteiger partial charge in [0.05, 0.1) is 12.3 Å². The van der Waals surface area contributed by atoms with Crippen molar-refractivity contribution in [3.8, 4) is 0 Å². The topological polar surface area (TPSA) is 89.4 Å². The maximum absolute atomic E-state index is 11.9. The van der Waals surface area contributed by atoms with Gasteiger partial charge >= 0.3 is 0 Å². The second-order valence-corrected chi connectivity index (χ2v) is 6.97. The van der Waals surface area contributed by atoms with Crippen molar-refractivity contribution in [3.63, 3.8) is 0 Å². The Balaban J connectivity index is 1.74. The monoisotopic (exact) mass is 317 g/mol. The summed E-state index contributed by atoms with van der Waals surface area (Å²) in [5.41, 5.74) is 0. The predicted octanol–water partition coefficient (Wildman–Crippen LogP) is -0.406. The zero-order valence-corrected chi connectivity index (χ0v) is 13.3. The molecule has 0 spiro atoms. The van der Waals surface area contributed by atoms with Gasteiger partial charge in [0.25, 0.3) is 10.0 Å². The molecule has 1 fully saturated rings. The van der Waals surface area contributed by atoms with Crippen molar-refractivity contribution in [2.24, 2.45) is 7.05 Å². The quantitative estimate of drug-likeness (QED) is 0.718. The van der Waals surface area contributed by atoms with Crippen molar-refractivity contribution in [2.45, 2.75) is 30.9 Å². The molecule has 1 N–H and O–H groups in total. The Kier molecular flexibility index (Phi) is 5.68. The van der Waals surface area contributed by atoms with Crippen LogP contribution in [0, 0.1) is 0 Å². The van der Waals surface area contributed by atoms with Crippen LogP contribution in [0.5, 0.6) is 0 Å². The van der Waals surface area contributed by atoms with E-state index in [1.54, 1.807) is 7.05 Å². The molecule has 1 aromatic rings. The number of hydrogen-bond donors (Lipinski definition) is 1. The fourth-order valence-corrected chi connectivity index (χ4v) is 3.29. The number of sulfonamides is 1. The van der Waals surface area contributed by atoms with Gasteiger partial charge < -0.3 is 9.64 Å². The summed E-state index contributed by atoms with van der Waals surface area (Å²) < 4.78 is 32.0. The summed E-state index contributed by atoms with van der Waals surface area (Å²) in [5.74, 6) is 0. The van der Waals surface area contributed by atoms with E-state index in [2.05, 4.69) is 26.7 Å². The third-order valence-corrected chi connectivity index (χ3v) is 4.66. The first-order valence-corrected chi connectivity index (χ1v) is 8.65. The summed E-state index contributed by atoms with van der Waals surface area (Å²) in [6.45, 7) is 6.02. The molecule has 1 aromatic heterocycles. The van der Waals surface area contributed by atoms with Gasteiger partial charge in [-0.1, -0.05) is 0 Å². The summed E-state index contributed by atoms with van der Waals surface area (Å²) in [6.07, 6.45) is 3.27. The molecule has 2 rings (SSSR count). The van der Waals surface area contributed by atoms with Crippen LogP contribution in [0.25, 0.3) is 0 Å². The lowest BCUT2D eigenvalue weighted by molar-refractivity contribution is 0.0677. The summed E-state index contributed by atoms with van der Waals surface area (Å²) >= 11 is 0. The fourth-order valence-electron chi connectivity index (χ4n) is 2.32. The number of aryl methyl sites for hydroxylation is 1. The van der Waals surface area contributed by atoms with Gasteiger partial charge in [-0.25, -0.2) is 13.1 Å². The van der Waals surface area contributed by atoms with Crippen molar-refractivity contribution in [1.29, 1.82) is 0 Å². The molecule has 1 atom stereocenters. The van der Waals surface area contributed by atoms with Crippen molar-refractivity contribution in [1.82, 2.24) is 24.6 Å². The number of nitrogens with one attached hydrogen (secondary N) is 1. The minimum atomic E-state index is -3.55. The molecule has 2 heterocycles. The second-order valence-electron chi connectivity index (χ2n) is 5.26. The highest BCUT2D eigenvalue weighted by Crippen LogP contribution is 2.06. The maximum atomic E-state index is 11.9. The Morgan fingerprint density at radius 3 is 3.05 bits per heavy atom. The normalized spacial score (nSPS) is 21.3. The molecule has 21 heavy (non-hydrogen) atoms. The van der Waals surface area contributed by atoms with Crippen molar-refractivity contribution in [3.05, 3.63) is 6.20 Å². The lowest BCUT2D eigenvalue weighted by Gasteiger charge is -2.21. The zero-order chi connectivity index (χ0) is 15.3. The number of hydrogen-bond acceptors (Lipinski definition) is 6. The summed E-state index contributed by atoms with van der Waals surface area (Å²) in [7, 11) is -1.96. The third kappa shape index (κ3) is 5.03. The van der Waals surface area contributed by atoms with E-state index >= 15 is 0 Å². The largest absolute Gasteiger partial charge is 0.377 e. The van der Waals surface area contributed by atoms with Crippen LogP contribution in [-0.4, -0.2) is 67.2 Å². The number of ether oxygens (including phenoxy) is 1. The highest BCUT2D eigenvalue weighted by Gasteiger charge is 2.18. The molecule has 0 aliphatic carbocycles. The summed E-state index contributed by atoms with van der Waals surface area (Å²) in [6, 6.07) is 0. The van der Waals surface area contributed by atoms with E-state index in [0.29, 0.717) is 6.54 Å². The Hall–Kier alpha value is -1.03. The highest BCUT2D eigenvalue weighted by molar-refractivity contribution is 7.89. The zero-order valence-electron chi connectivity index (χ0n) is 12.5. The number of aromatic nitrogens is 3. The molecule has 9 heteroatoms. The van der Waals surface area contributed by atoms with Gasteiger partial charge in [0.15, 0.2) is 0 Å². The molecule has 0 saturated carbocycles. The molecule has 0 bridgehead atoms. The van der Waals surface area contributed by atoms with Gasteiger partial charge in [0.1, 0.15) is 0 Å². The van der Waals surface area contributed by atoms with Crippen LogP contribution in [-0.2, 0) is 21.8 Å². The van der Waals surface area contributed by atoms with E-state index in [0.717, 1.165) is 39.1 Å². The number of nitrogens with zero attached hydrogens (tertiary/aromatic N) is 4. The van der Waals surface area contributed by atoms with Gasteiger partial charge in [-0.3, -0.25) is 0 Å². The van der Waals surface area contributed by atoms with Gasteiger partial charge in [0.2, 0.25) is 5.03 Å². The first kappa shape index (κ1) is 16.3. The van der Waals surface area contributed by atoms with E-state index in [1.807, 2.05) is 0 Å². The fraction of sp³-hybridized carbons (Fsp3) is 0.833. The first-order valence-electron chi connectivity index (χ1n) is 7.17. The Labute approximate surface area is 125 Å². The highest BCUT2D eigenvalue weighted by atomic mass is 32.2. The van der Waals surface area contributed by atoms with E-state index in [1.165, 1.54) is 11.0 Å². The van der Waals surface area contributed by atoms with Crippen LogP contribution >= 0.6 is 0 Å². The average Bonchev–Trinajstić information content (AvgIpc) is 2.76. The SMILES string of the molecule is CC1CN(CCCNS(=O)(=O)c2cnn(C)n2)CCCO1. The minimum absolute atomic E-state index is 0.0400. The van der Waals surface area contributed by atoms with E-state index in [9.17, 15) is 8.42 Å². The Morgan fingerprint density at radius 1 is 1.52 bits per heavy atom. The van der Waals surface area contributed by atoms with E-state index in [4.69, 9.17) is 4.74 Å². The minimum Gasteiger partial charge on any atom is -0.377 e. The first-order chi connectivity index (χ1) is 9.97. The Morgan fingerprint density at radius 2 is 2.33 bits per heavy atom. The molecule has 8 nitrogen and oxygen atoms in total. The summed E-state index contributed by atoms with van der Waals surface area (Å²) in [5, 5.41) is 7.53. The number of rotatable bonds is 6. The van der Waals surface area contributed by atoms with Crippen LogP contribution in [0.2, 0.25) is 0 Å². The molecular weight excluding hydrogens is 294 g/mol. The summed E-state index contributed by atoms with van der Waals surface area (Å²) in [4.78, 5) is 3.54. The Bertz CT molecular complexity index is 545. The third-order valence-electron chi connectivity index (χ3n) is 3.33. The van der Waals surface area contributed by atoms with Crippen LogP contribution in [0.3, 0.4) is 0 Å². The van der Waals surface area contributed by atoms with Crippen molar-refractivity contribution >= 4 is 10.0 Å². The van der Waals surface area contributed by atoms with Gasteiger partial charge in [-0.2, -0.15) is 9.90 Å². The standard InChI is InChI=1S/C12H23N5O3S/c1-11-10-17(7-4-8-20-11)6-3-5-14-21(18,19)12-9-13-16(2)15-12/h9,11,14H,3-8,10H2,1-2H3. The van der Waals surface area contributed by atoms with Crippen molar-refractivity contribution in [2.75, 3.05) is 32.8 Å². The molecule has 0 aromatic carbocycles. The second kappa shape index (κ2) is 7.30. The smallest absolute Gasteiger partial charge is 0.261 e. The van der Waals surface area contributed by atoms with Gasteiger partial charge in [0, 0.05) is 33.3 Å². The molecular formula is C12H23N5O3S. The molecule has 1 aliphatic rings. The molecule has 1 saturated heterocycles. The van der Waals surface area contributed by atoms with Crippen LogP contribution in [0.15, 0.2) is 11.2 Å². The maximum Gasteiger partial charge on any atom is 0.261 e. The average molecular weight is 317 g/mol. The lowest BCUT2D eigenvalue weighted by atomic mass is 10.3. The van der Waals surface area contributed by atoms with E-state index < -0.39 is 10.0 Å². The molecule has 0 radical (unpaired) electrons. The van der Waals surface area contributed by atoms with Gasteiger partial charge in [-0.15, -0.1) is 5.10 Å². The van der Waals surface area contributed by atoms with Crippen LogP contribution in [0.1, 0.15) is 19.8 Å². The molecule has 0 amide bonds. The molecule has 120 valence electrons. The van der Waals surface area contributed by atoms with Crippen LogP contribution in [0.4, 0.5) is 0 Å². The molecule has 1 unspecified atom stereocenters. The van der Waals surface area contributed by atoms with Crippen LogP contribution < -0.4 is 4.72 Å². The predicted molar refractivity (Wildman–Crippen MR) is 77.3 cm³/mol. The van der Waals surface area contributed by atoms with E-state index in [-0.39, 0.29) is 11.1 Å². The lowest BCUT2D eigenvalue weighted by Crippen LogP contribution is -2.33. The molecule has 1 aliphatic heterocycles. The van der Waals surface area contributed by atoms with Gasteiger partial charge in [-0.05, 0) is 26.3 Å². The van der Waals surface area contributed by atoms with Crippen molar-refractivity contribution < 1.29 is 13.2 Å².